The maximum absolute atomic E-state index is 11.0. The molecule has 0 aromatic carbocycles. The van der Waals surface area contributed by atoms with E-state index in [1.165, 1.54) is 10.9 Å². The quantitative estimate of drug-likeness (QED) is 0.456. The number of aryl methyl sites for hydroxylation is 1. The normalized spacial score (nSPS) is 8.82. The molecule has 0 bridgehead atoms. The highest BCUT2D eigenvalue weighted by atomic mass is 32.1. The Morgan fingerprint density at radius 2 is 2.64 bits per heavy atom. The van der Waals surface area contributed by atoms with Crippen LogP contribution in [0.5, 0.6) is 0 Å². The first-order valence-corrected chi connectivity index (χ1v) is 3.26. The van der Waals surface area contributed by atoms with Gasteiger partial charge < -0.3 is 0 Å². The van der Waals surface area contributed by atoms with E-state index in [0.717, 1.165) is 0 Å². The molecule has 4 nitrogen and oxygen atoms in total. The molecule has 0 saturated heterocycles. The number of thiocarbonyl (C=S) groups is 1. The van der Waals surface area contributed by atoms with Crippen molar-refractivity contribution in [2.24, 2.45) is 12.0 Å². The molecule has 0 spiro atoms. The first-order chi connectivity index (χ1) is 5.25. The number of isothiocyanates is 1. The lowest BCUT2D eigenvalue weighted by atomic mass is 10.4. The van der Waals surface area contributed by atoms with E-state index in [0.29, 0.717) is 5.69 Å². The van der Waals surface area contributed by atoms with Gasteiger partial charge in [0.2, 0.25) is 0 Å². The van der Waals surface area contributed by atoms with Crippen LogP contribution in [-0.4, -0.2) is 20.8 Å². The first-order valence-electron chi connectivity index (χ1n) is 2.86. The van der Waals surface area contributed by atoms with E-state index < -0.39 is 5.91 Å². The smallest absolute Gasteiger partial charge is 0.264 e. The minimum Gasteiger partial charge on any atom is -0.264 e. The van der Waals surface area contributed by atoms with Gasteiger partial charge in [-0.1, -0.05) is 0 Å². The first kappa shape index (κ1) is 7.78. The molecule has 0 fully saturated rings. The number of aliphatic imine (C=N–C) groups is 1. The zero-order chi connectivity index (χ0) is 8.27. The highest BCUT2D eigenvalue weighted by molar-refractivity contribution is 7.78. The summed E-state index contributed by atoms with van der Waals surface area (Å²) in [6, 6.07) is 1.57. The van der Waals surface area contributed by atoms with Gasteiger partial charge in [0.15, 0.2) is 0 Å². The zero-order valence-electron chi connectivity index (χ0n) is 5.81. The average molecular weight is 167 g/mol. The third-order valence-electron chi connectivity index (χ3n) is 1.19. The number of hydrogen-bond acceptors (Lipinski definition) is 3. The molecule has 5 heteroatoms. The van der Waals surface area contributed by atoms with Crippen LogP contribution in [0, 0.1) is 0 Å². The summed E-state index contributed by atoms with van der Waals surface area (Å²) in [5.74, 6) is -0.417. The highest BCUT2D eigenvalue weighted by Gasteiger charge is 2.06. The Morgan fingerprint density at radius 1 is 1.91 bits per heavy atom. The van der Waals surface area contributed by atoms with Gasteiger partial charge in [-0.05, 0) is 18.3 Å². The average Bonchev–Trinajstić information content (AvgIpc) is 2.36. The summed E-state index contributed by atoms with van der Waals surface area (Å²) in [6.07, 6.45) is 1.52. The summed E-state index contributed by atoms with van der Waals surface area (Å²) in [4.78, 5) is 14.3. The number of carbonyl (C=O) groups excluding carboxylic acids is 1. The Hall–Kier alpha value is -1.32. The fourth-order valence-corrected chi connectivity index (χ4v) is 0.765. The Bertz CT molecular complexity index is 324. The van der Waals surface area contributed by atoms with E-state index in [4.69, 9.17) is 0 Å². The summed E-state index contributed by atoms with van der Waals surface area (Å²) in [5.41, 5.74) is 0.405. The SMILES string of the molecule is Cn1nccc1C(=O)N=C=S. The largest absolute Gasteiger partial charge is 0.304 e. The van der Waals surface area contributed by atoms with E-state index in [1.807, 2.05) is 5.16 Å². The second-order valence-corrected chi connectivity index (χ2v) is 2.03. The molecule has 0 N–H and O–H groups in total. The van der Waals surface area contributed by atoms with E-state index >= 15 is 0 Å². The molecule has 0 aliphatic rings. The molecular weight excluding hydrogens is 162 g/mol. The lowest BCUT2D eigenvalue weighted by Crippen LogP contribution is -2.03. The summed E-state index contributed by atoms with van der Waals surface area (Å²) in [7, 11) is 1.66. The number of rotatable bonds is 1. The van der Waals surface area contributed by atoms with Crippen molar-refractivity contribution >= 4 is 23.3 Å². The van der Waals surface area contributed by atoms with Crippen LogP contribution in [-0.2, 0) is 7.05 Å². The van der Waals surface area contributed by atoms with Gasteiger partial charge in [-0.25, -0.2) is 0 Å². The van der Waals surface area contributed by atoms with Gasteiger partial charge in [-0.2, -0.15) is 10.1 Å². The number of aromatic nitrogens is 2. The lowest BCUT2D eigenvalue weighted by Gasteiger charge is -1.91. The third-order valence-corrected chi connectivity index (χ3v) is 1.28. The molecular formula is C6H5N3OS. The Kier molecular flexibility index (Phi) is 2.25. The summed E-state index contributed by atoms with van der Waals surface area (Å²) in [6.45, 7) is 0. The standard InChI is InChI=1S/C6H5N3OS/c1-9-5(2-3-8-9)6(10)7-4-11/h2-3H,1H3. The van der Waals surface area contributed by atoms with E-state index in [9.17, 15) is 4.79 Å². The summed E-state index contributed by atoms with van der Waals surface area (Å²) in [5, 5.41) is 5.79. The molecule has 0 aliphatic heterocycles. The monoisotopic (exact) mass is 167 g/mol. The van der Waals surface area contributed by atoms with E-state index in [2.05, 4.69) is 22.3 Å². The van der Waals surface area contributed by atoms with Crippen molar-refractivity contribution < 1.29 is 4.79 Å². The Morgan fingerprint density at radius 3 is 3.09 bits per heavy atom. The molecule has 1 amide bonds. The van der Waals surface area contributed by atoms with Crippen LogP contribution < -0.4 is 0 Å². The van der Waals surface area contributed by atoms with E-state index in [-0.39, 0.29) is 0 Å². The molecule has 0 saturated carbocycles. The predicted octanol–water partition coefficient (Wildman–Crippen LogP) is 0.663. The van der Waals surface area contributed by atoms with Crippen LogP contribution in [0.2, 0.25) is 0 Å². The second-order valence-electron chi connectivity index (χ2n) is 1.85. The van der Waals surface area contributed by atoms with Crippen molar-refractivity contribution in [2.45, 2.75) is 0 Å². The van der Waals surface area contributed by atoms with E-state index in [1.54, 1.807) is 13.1 Å². The maximum atomic E-state index is 11.0. The molecule has 56 valence electrons. The molecule has 1 aromatic heterocycles. The second kappa shape index (κ2) is 3.18. The Labute approximate surface area is 68.5 Å². The van der Waals surface area contributed by atoms with Gasteiger partial charge in [0, 0.05) is 13.2 Å². The lowest BCUT2D eigenvalue weighted by molar-refractivity contribution is 0.0995. The molecule has 11 heavy (non-hydrogen) atoms. The van der Waals surface area contributed by atoms with Crippen LogP contribution in [0.3, 0.4) is 0 Å². The van der Waals surface area contributed by atoms with Crippen LogP contribution in [0.25, 0.3) is 0 Å². The van der Waals surface area contributed by atoms with Crippen molar-refractivity contribution in [1.82, 2.24) is 9.78 Å². The molecule has 0 radical (unpaired) electrons. The van der Waals surface area contributed by atoms with Crippen molar-refractivity contribution in [1.29, 1.82) is 0 Å². The minimum atomic E-state index is -0.417. The van der Waals surface area contributed by atoms with Crippen LogP contribution >= 0.6 is 12.2 Å². The fraction of sp³-hybridized carbons (Fsp3) is 0.167. The summed E-state index contributed by atoms with van der Waals surface area (Å²) >= 11 is 4.28. The van der Waals surface area contributed by atoms with Gasteiger partial charge in [0.25, 0.3) is 0 Å². The summed E-state index contributed by atoms with van der Waals surface area (Å²) < 4.78 is 1.43. The van der Waals surface area contributed by atoms with Crippen LogP contribution in [0.15, 0.2) is 17.3 Å². The number of nitrogens with zero attached hydrogens (tertiary/aromatic N) is 3. The van der Waals surface area contributed by atoms with Crippen molar-refractivity contribution in [2.75, 3.05) is 0 Å². The third kappa shape index (κ3) is 1.58. The predicted molar refractivity (Wildman–Crippen MR) is 42.6 cm³/mol. The van der Waals surface area contributed by atoms with Crippen molar-refractivity contribution in [3.8, 4) is 0 Å². The fourth-order valence-electron chi connectivity index (χ4n) is 0.682. The number of hydrogen-bond donors (Lipinski definition) is 0. The van der Waals surface area contributed by atoms with Gasteiger partial charge in [0.05, 0.1) is 5.16 Å². The zero-order valence-corrected chi connectivity index (χ0v) is 6.63. The molecule has 0 atom stereocenters. The van der Waals surface area contributed by atoms with Crippen molar-refractivity contribution in [3.05, 3.63) is 18.0 Å². The van der Waals surface area contributed by atoms with Crippen LogP contribution in [0.1, 0.15) is 10.5 Å². The van der Waals surface area contributed by atoms with Gasteiger partial charge in [-0.3, -0.25) is 9.48 Å². The minimum absolute atomic E-state index is 0.405. The van der Waals surface area contributed by atoms with Gasteiger partial charge in [-0.15, -0.1) is 0 Å². The van der Waals surface area contributed by atoms with Crippen molar-refractivity contribution in [3.63, 3.8) is 0 Å². The molecule has 0 unspecified atom stereocenters. The molecule has 0 aliphatic carbocycles. The number of amides is 1. The molecule has 1 aromatic rings. The van der Waals surface area contributed by atoms with Gasteiger partial charge >= 0.3 is 5.91 Å². The topological polar surface area (TPSA) is 47.2 Å². The highest BCUT2D eigenvalue weighted by Crippen LogP contribution is 1.97. The molecule has 1 rings (SSSR count). The number of carbonyl (C=O) groups is 1. The molecule has 1 heterocycles. The Balaban J connectivity index is 3.02. The van der Waals surface area contributed by atoms with Gasteiger partial charge in [0.1, 0.15) is 5.69 Å². The van der Waals surface area contributed by atoms with Crippen LogP contribution in [0.4, 0.5) is 0 Å². The maximum Gasteiger partial charge on any atom is 0.304 e.